The quantitative estimate of drug-likeness (QED) is 0.535. The standard InChI is InChI=1S/C9H12N2O3/c1-13-7-4-5(10)3-6(11)8(7)9(12)14-2/h3-4H,10-11H2,1-2H3. The van der Waals surface area contributed by atoms with Crippen molar-refractivity contribution in [3.63, 3.8) is 0 Å². The van der Waals surface area contributed by atoms with E-state index in [1.165, 1.54) is 26.4 Å². The van der Waals surface area contributed by atoms with Gasteiger partial charge in [-0.1, -0.05) is 0 Å². The maximum atomic E-state index is 11.3. The summed E-state index contributed by atoms with van der Waals surface area (Å²) in [5.74, 6) is -0.228. The number of nitrogen functional groups attached to an aromatic ring is 2. The predicted octanol–water partition coefficient (Wildman–Crippen LogP) is 0.646. The number of esters is 1. The van der Waals surface area contributed by atoms with Crippen molar-refractivity contribution in [3.05, 3.63) is 17.7 Å². The smallest absolute Gasteiger partial charge is 0.343 e. The van der Waals surface area contributed by atoms with Crippen LogP contribution in [-0.4, -0.2) is 20.2 Å². The van der Waals surface area contributed by atoms with Gasteiger partial charge in [0.25, 0.3) is 0 Å². The summed E-state index contributed by atoms with van der Waals surface area (Å²) in [5.41, 5.74) is 12.0. The molecule has 0 unspecified atom stereocenters. The molecule has 1 aromatic carbocycles. The van der Waals surface area contributed by atoms with Crippen LogP contribution < -0.4 is 16.2 Å². The molecule has 0 aliphatic rings. The van der Waals surface area contributed by atoms with Crippen molar-refractivity contribution in [1.82, 2.24) is 0 Å². The Bertz CT molecular complexity index is 363. The number of carbonyl (C=O) groups excluding carboxylic acids is 1. The van der Waals surface area contributed by atoms with Crippen molar-refractivity contribution in [3.8, 4) is 5.75 Å². The molecule has 0 aliphatic carbocycles. The topological polar surface area (TPSA) is 87.6 Å². The molecule has 0 amide bonds. The molecule has 0 bridgehead atoms. The van der Waals surface area contributed by atoms with Gasteiger partial charge in [-0.15, -0.1) is 0 Å². The molecule has 0 fully saturated rings. The number of carbonyl (C=O) groups is 1. The molecule has 5 heteroatoms. The molecule has 0 radical (unpaired) electrons. The van der Waals surface area contributed by atoms with E-state index in [0.29, 0.717) is 11.4 Å². The largest absolute Gasteiger partial charge is 0.496 e. The summed E-state index contributed by atoms with van der Waals surface area (Å²) in [5, 5.41) is 0. The number of hydrogen-bond donors (Lipinski definition) is 2. The second-order valence-electron chi connectivity index (χ2n) is 2.68. The van der Waals surface area contributed by atoms with Gasteiger partial charge in [0.2, 0.25) is 0 Å². The molecule has 14 heavy (non-hydrogen) atoms. The molecule has 76 valence electrons. The van der Waals surface area contributed by atoms with E-state index in [1.54, 1.807) is 0 Å². The number of anilines is 2. The fourth-order valence-electron chi connectivity index (χ4n) is 1.14. The molecular weight excluding hydrogens is 184 g/mol. The zero-order valence-electron chi connectivity index (χ0n) is 8.03. The maximum absolute atomic E-state index is 11.3. The van der Waals surface area contributed by atoms with Crippen LogP contribution in [0.4, 0.5) is 11.4 Å². The van der Waals surface area contributed by atoms with Gasteiger partial charge in [0.1, 0.15) is 11.3 Å². The van der Waals surface area contributed by atoms with Gasteiger partial charge in [0, 0.05) is 11.8 Å². The van der Waals surface area contributed by atoms with E-state index in [0.717, 1.165) is 0 Å². The van der Waals surface area contributed by atoms with Crippen LogP contribution >= 0.6 is 0 Å². The van der Waals surface area contributed by atoms with E-state index >= 15 is 0 Å². The molecule has 0 atom stereocenters. The van der Waals surface area contributed by atoms with Crippen molar-refractivity contribution in [2.75, 3.05) is 25.7 Å². The maximum Gasteiger partial charge on any atom is 0.343 e. The number of hydrogen-bond acceptors (Lipinski definition) is 5. The first-order chi connectivity index (χ1) is 6.60. The van der Waals surface area contributed by atoms with Gasteiger partial charge >= 0.3 is 5.97 Å². The van der Waals surface area contributed by atoms with Gasteiger partial charge < -0.3 is 20.9 Å². The summed E-state index contributed by atoms with van der Waals surface area (Å²) in [6.07, 6.45) is 0. The molecule has 5 nitrogen and oxygen atoms in total. The van der Waals surface area contributed by atoms with Crippen molar-refractivity contribution in [2.24, 2.45) is 0 Å². The van der Waals surface area contributed by atoms with Crippen molar-refractivity contribution >= 4 is 17.3 Å². The SMILES string of the molecule is COC(=O)c1c(N)cc(N)cc1OC. The van der Waals surface area contributed by atoms with Gasteiger partial charge in [-0.3, -0.25) is 0 Å². The lowest BCUT2D eigenvalue weighted by molar-refractivity contribution is 0.0598. The minimum atomic E-state index is -0.542. The van der Waals surface area contributed by atoms with Crippen molar-refractivity contribution in [2.45, 2.75) is 0 Å². The third-order valence-corrected chi connectivity index (χ3v) is 1.76. The number of methoxy groups -OCH3 is 2. The second kappa shape index (κ2) is 3.87. The number of ether oxygens (including phenoxy) is 2. The Balaban J connectivity index is 3.32. The average Bonchev–Trinajstić information content (AvgIpc) is 2.15. The first kappa shape index (κ1) is 10.2. The second-order valence-corrected chi connectivity index (χ2v) is 2.68. The third-order valence-electron chi connectivity index (χ3n) is 1.76. The Morgan fingerprint density at radius 3 is 2.43 bits per heavy atom. The Morgan fingerprint density at radius 1 is 1.29 bits per heavy atom. The number of rotatable bonds is 2. The number of nitrogens with two attached hydrogens (primary N) is 2. The van der Waals surface area contributed by atoms with Gasteiger partial charge in [-0.05, 0) is 6.07 Å². The van der Waals surface area contributed by atoms with Gasteiger partial charge in [0.05, 0.1) is 19.9 Å². The lowest BCUT2D eigenvalue weighted by Gasteiger charge is -2.10. The molecule has 0 spiro atoms. The first-order valence-electron chi connectivity index (χ1n) is 3.91. The van der Waals surface area contributed by atoms with E-state index in [1.807, 2.05) is 0 Å². The molecule has 4 N–H and O–H groups in total. The highest BCUT2D eigenvalue weighted by atomic mass is 16.5. The van der Waals surface area contributed by atoms with Crippen molar-refractivity contribution in [1.29, 1.82) is 0 Å². The molecule has 0 heterocycles. The van der Waals surface area contributed by atoms with Crippen LogP contribution in [0, 0.1) is 0 Å². The van der Waals surface area contributed by atoms with Crippen LogP contribution in [0.2, 0.25) is 0 Å². The fourth-order valence-corrected chi connectivity index (χ4v) is 1.14. The minimum Gasteiger partial charge on any atom is -0.496 e. The summed E-state index contributed by atoms with van der Waals surface area (Å²) in [4.78, 5) is 11.3. The lowest BCUT2D eigenvalue weighted by Crippen LogP contribution is -2.08. The highest BCUT2D eigenvalue weighted by molar-refractivity contribution is 5.99. The Hall–Kier alpha value is -1.91. The highest BCUT2D eigenvalue weighted by Gasteiger charge is 2.16. The molecular formula is C9H12N2O3. The summed E-state index contributed by atoms with van der Waals surface area (Å²) in [7, 11) is 2.71. The fraction of sp³-hybridized carbons (Fsp3) is 0.222. The molecule has 0 aromatic heterocycles. The monoisotopic (exact) mass is 196 g/mol. The van der Waals surface area contributed by atoms with E-state index < -0.39 is 5.97 Å². The lowest BCUT2D eigenvalue weighted by atomic mass is 10.1. The Labute approximate surface area is 81.6 Å². The summed E-state index contributed by atoms with van der Waals surface area (Å²) >= 11 is 0. The van der Waals surface area contributed by atoms with Gasteiger partial charge in [0.15, 0.2) is 0 Å². The normalized spacial score (nSPS) is 9.57. The summed E-state index contributed by atoms with van der Waals surface area (Å²) < 4.78 is 9.53. The highest BCUT2D eigenvalue weighted by Crippen LogP contribution is 2.28. The molecule has 0 saturated carbocycles. The van der Waals surface area contributed by atoms with E-state index in [-0.39, 0.29) is 11.3 Å². The zero-order valence-corrected chi connectivity index (χ0v) is 8.03. The molecule has 1 rings (SSSR count). The Kier molecular flexibility index (Phi) is 2.81. The minimum absolute atomic E-state index is 0.198. The van der Waals surface area contributed by atoms with Crippen LogP contribution in [0.25, 0.3) is 0 Å². The molecule has 0 saturated heterocycles. The molecule has 1 aromatic rings. The Morgan fingerprint density at radius 2 is 1.93 bits per heavy atom. The van der Waals surface area contributed by atoms with Gasteiger partial charge in [-0.25, -0.2) is 4.79 Å². The number of benzene rings is 1. The van der Waals surface area contributed by atoms with Crippen LogP contribution in [0.15, 0.2) is 12.1 Å². The van der Waals surface area contributed by atoms with E-state index in [9.17, 15) is 4.79 Å². The van der Waals surface area contributed by atoms with Gasteiger partial charge in [-0.2, -0.15) is 0 Å². The zero-order chi connectivity index (χ0) is 10.7. The summed E-state index contributed by atoms with van der Waals surface area (Å²) in [6.45, 7) is 0. The molecule has 0 aliphatic heterocycles. The van der Waals surface area contributed by atoms with E-state index in [2.05, 4.69) is 4.74 Å². The summed E-state index contributed by atoms with van der Waals surface area (Å²) in [6, 6.07) is 3.00. The predicted molar refractivity (Wildman–Crippen MR) is 53.2 cm³/mol. The first-order valence-corrected chi connectivity index (χ1v) is 3.91. The van der Waals surface area contributed by atoms with Crippen LogP contribution in [-0.2, 0) is 4.74 Å². The average molecular weight is 196 g/mol. The third kappa shape index (κ3) is 1.71. The van der Waals surface area contributed by atoms with E-state index in [4.69, 9.17) is 16.2 Å². The van der Waals surface area contributed by atoms with Crippen LogP contribution in [0.5, 0.6) is 5.75 Å². The van der Waals surface area contributed by atoms with Crippen LogP contribution in [0.3, 0.4) is 0 Å². The van der Waals surface area contributed by atoms with Crippen LogP contribution in [0.1, 0.15) is 10.4 Å². The van der Waals surface area contributed by atoms with Crippen molar-refractivity contribution < 1.29 is 14.3 Å².